The lowest BCUT2D eigenvalue weighted by molar-refractivity contribution is 0.161. The molecule has 0 spiro atoms. The number of hydrogen-bond acceptors (Lipinski definition) is 2. The Bertz CT molecular complexity index is 358. The molecule has 3 heteroatoms. The Hall–Kier alpha value is -1.22. The molecule has 0 aliphatic carbocycles. The molecule has 0 aromatic heterocycles. The third-order valence-electron chi connectivity index (χ3n) is 3.61. The minimum absolute atomic E-state index is 0.327. The smallest absolute Gasteiger partial charge is 0.119 e. The van der Waals surface area contributed by atoms with Gasteiger partial charge in [-0.2, -0.15) is 0 Å². The Morgan fingerprint density at radius 3 is 2.40 bits per heavy atom. The topological polar surface area (TPSA) is 32.6 Å². The maximum absolute atomic E-state index is 5.95. The average Bonchev–Trinajstić information content (AvgIpc) is 2.50. The zero-order chi connectivity index (χ0) is 14.0. The van der Waals surface area contributed by atoms with E-state index in [1.807, 2.05) is 24.3 Å². The first-order valence-electron chi connectivity index (χ1n) is 7.91. The van der Waals surface area contributed by atoms with Gasteiger partial charge in [0, 0.05) is 13.1 Å². The number of ether oxygens (including phenoxy) is 2. The van der Waals surface area contributed by atoms with Crippen molar-refractivity contribution in [2.75, 3.05) is 19.7 Å². The van der Waals surface area contributed by atoms with Gasteiger partial charge in [-0.1, -0.05) is 26.2 Å². The van der Waals surface area contributed by atoms with Gasteiger partial charge in [-0.05, 0) is 43.5 Å². The molecule has 1 aliphatic heterocycles. The summed E-state index contributed by atoms with van der Waals surface area (Å²) >= 11 is 0. The van der Waals surface area contributed by atoms with Gasteiger partial charge in [-0.25, -0.2) is 5.32 Å². The number of hydrogen-bond donors (Lipinski definition) is 0. The molecule has 2 rings (SSSR count). The van der Waals surface area contributed by atoms with E-state index >= 15 is 0 Å². The van der Waals surface area contributed by atoms with E-state index in [9.17, 15) is 0 Å². The van der Waals surface area contributed by atoms with E-state index in [2.05, 4.69) is 12.2 Å². The van der Waals surface area contributed by atoms with Crippen LogP contribution >= 0.6 is 0 Å². The van der Waals surface area contributed by atoms with Crippen molar-refractivity contribution in [2.24, 2.45) is 0 Å². The van der Waals surface area contributed by atoms with Crippen LogP contribution in [0.3, 0.4) is 0 Å². The van der Waals surface area contributed by atoms with Gasteiger partial charge < -0.3 is 9.47 Å². The highest BCUT2D eigenvalue weighted by Gasteiger charge is 2.14. The van der Waals surface area contributed by atoms with E-state index in [0.29, 0.717) is 6.10 Å². The molecule has 1 radical (unpaired) electrons. The minimum Gasteiger partial charge on any atom is -0.494 e. The molecule has 1 heterocycles. The predicted molar refractivity (Wildman–Crippen MR) is 81.6 cm³/mol. The molecular formula is C17H26NO2. The molecular weight excluding hydrogens is 250 g/mol. The molecule has 111 valence electrons. The normalized spacial score (nSPS) is 16.1. The van der Waals surface area contributed by atoms with Crippen LogP contribution in [0.2, 0.25) is 0 Å². The molecule has 20 heavy (non-hydrogen) atoms. The quantitative estimate of drug-likeness (QED) is 0.677. The van der Waals surface area contributed by atoms with Gasteiger partial charge in [0.05, 0.1) is 6.61 Å². The summed E-state index contributed by atoms with van der Waals surface area (Å²) in [6, 6.07) is 8.02. The molecule has 1 aromatic rings. The van der Waals surface area contributed by atoms with Gasteiger partial charge in [-0.15, -0.1) is 0 Å². The van der Waals surface area contributed by atoms with Crippen molar-refractivity contribution in [3.8, 4) is 11.5 Å². The fourth-order valence-corrected chi connectivity index (χ4v) is 2.37. The molecule has 0 N–H and O–H groups in total. The van der Waals surface area contributed by atoms with Crippen LogP contribution in [0.25, 0.3) is 0 Å². The largest absolute Gasteiger partial charge is 0.494 e. The summed E-state index contributed by atoms with van der Waals surface area (Å²) in [5.41, 5.74) is 0. The highest BCUT2D eigenvalue weighted by molar-refractivity contribution is 5.31. The molecule has 0 amide bonds. The Labute approximate surface area is 122 Å². The van der Waals surface area contributed by atoms with Crippen molar-refractivity contribution in [1.29, 1.82) is 0 Å². The highest BCUT2D eigenvalue weighted by Crippen LogP contribution is 2.21. The third kappa shape index (κ3) is 5.41. The fraction of sp³-hybridized carbons (Fsp3) is 0.647. The van der Waals surface area contributed by atoms with Crippen molar-refractivity contribution < 1.29 is 9.47 Å². The van der Waals surface area contributed by atoms with Gasteiger partial charge >= 0.3 is 0 Å². The Kier molecular flexibility index (Phi) is 6.72. The second kappa shape index (κ2) is 8.85. The second-order valence-corrected chi connectivity index (χ2v) is 5.37. The lowest BCUT2D eigenvalue weighted by atomic mass is 10.1. The van der Waals surface area contributed by atoms with E-state index in [1.54, 1.807) is 0 Å². The SMILES string of the molecule is CCCCCCOc1ccc(OC2CC[N]CC2)cc1. The number of benzene rings is 1. The molecule has 0 saturated carbocycles. The summed E-state index contributed by atoms with van der Waals surface area (Å²) < 4.78 is 11.7. The fourth-order valence-electron chi connectivity index (χ4n) is 2.37. The first-order valence-corrected chi connectivity index (χ1v) is 7.91. The third-order valence-corrected chi connectivity index (χ3v) is 3.61. The zero-order valence-corrected chi connectivity index (χ0v) is 12.5. The molecule has 1 aliphatic rings. The van der Waals surface area contributed by atoms with Gasteiger partial charge in [0.2, 0.25) is 0 Å². The molecule has 0 bridgehead atoms. The van der Waals surface area contributed by atoms with E-state index in [0.717, 1.165) is 50.5 Å². The standard InChI is InChI=1S/C17H26NO2/c1-2-3-4-5-14-19-15-6-8-16(9-7-15)20-17-10-12-18-13-11-17/h6-9,17H,2-5,10-14H2,1H3. The first kappa shape index (κ1) is 15.2. The van der Waals surface area contributed by atoms with Crippen LogP contribution in [0.5, 0.6) is 11.5 Å². The van der Waals surface area contributed by atoms with Crippen LogP contribution in [0.1, 0.15) is 45.4 Å². The van der Waals surface area contributed by atoms with Crippen LogP contribution in [0.15, 0.2) is 24.3 Å². The first-order chi connectivity index (χ1) is 9.88. The Morgan fingerprint density at radius 1 is 1.00 bits per heavy atom. The van der Waals surface area contributed by atoms with Crippen molar-refractivity contribution >= 4 is 0 Å². The second-order valence-electron chi connectivity index (χ2n) is 5.37. The number of rotatable bonds is 8. The lowest BCUT2D eigenvalue weighted by Crippen LogP contribution is -2.30. The monoisotopic (exact) mass is 276 g/mol. The van der Waals surface area contributed by atoms with Gasteiger partial charge in [0.15, 0.2) is 0 Å². The minimum atomic E-state index is 0.327. The molecule has 0 atom stereocenters. The average molecular weight is 276 g/mol. The summed E-state index contributed by atoms with van der Waals surface area (Å²) in [6.45, 7) is 4.90. The summed E-state index contributed by atoms with van der Waals surface area (Å²) in [5, 5.41) is 4.34. The van der Waals surface area contributed by atoms with Crippen molar-refractivity contribution in [2.45, 2.75) is 51.6 Å². The van der Waals surface area contributed by atoms with Crippen LogP contribution in [0.4, 0.5) is 0 Å². The molecule has 1 aromatic carbocycles. The van der Waals surface area contributed by atoms with Crippen molar-refractivity contribution in [3.05, 3.63) is 24.3 Å². The van der Waals surface area contributed by atoms with Crippen LogP contribution in [-0.2, 0) is 0 Å². The Balaban J connectivity index is 1.69. The summed E-state index contributed by atoms with van der Waals surface area (Å²) in [7, 11) is 0. The molecule has 1 saturated heterocycles. The summed E-state index contributed by atoms with van der Waals surface area (Å²) in [5.74, 6) is 1.88. The molecule has 1 fully saturated rings. The van der Waals surface area contributed by atoms with Crippen molar-refractivity contribution in [3.63, 3.8) is 0 Å². The maximum Gasteiger partial charge on any atom is 0.119 e. The summed E-state index contributed by atoms with van der Waals surface area (Å²) in [4.78, 5) is 0. The van der Waals surface area contributed by atoms with Crippen LogP contribution < -0.4 is 14.8 Å². The maximum atomic E-state index is 5.95. The van der Waals surface area contributed by atoms with Gasteiger partial charge in [0.1, 0.15) is 17.6 Å². The Morgan fingerprint density at radius 2 is 1.70 bits per heavy atom. The molecule has 3 nitrogen and oxygen atoms in total. The number of nitrogens with zero attached hydrogens (tertiary/aromatic N) is 1. The summed E-state index contributed by atoms with van der Waals surface area (Å²) in [6.07, 6.45) is 7.35. The number of unbranched alkanes of at least 4 members (excludes halogenated alkanes) is 3. The van der Waals surface area contributed by atoms with E-state index in [4.69, 9.17) is 9.47 Å². The van der Waals surface area contributed by atoms with Crippen LogP contribution in [0, 0.1) is 0 Å². The van der Waals surface area contributed by atoms with E-state index < -0.39 is 0 Å². The van der Waals surface area contributed by atoms with Gasteiger partial charge in [-0.3, -0.25) is 0 Å². The lowest BCUT2D eigenvalue weighted by Gasteiger charge is -2.22. The van der Waals surface area contributed by atoms with Gasteiger partial charge in [0.25, 0.3) is 0 Å². The zero-order valence-electron chi connectivity index (χ0n) is 12.5. The van der Waals surface area contributed by atoms with E-state index in [-0.39, 0.29) is 0 Å². The number of piperidine rings is 1. The predicted octanol–water partition coefficient (Wildman–Crippen LogP) is 3.79. The highest BCUT2D eigenvalue weighted by atomic mass is 16.5. The van der Waals surface area contributed by atoms with E-state index in [1.165, 1.54) is 19.3 Å². The molecule has 0 unspecified atom stereocenters. The van der Waals surface area contributed by atoms with Crippen molar-refractivity contribution in [1.82, 2.24) is 5.32 Å². The van der Waals surface area contributed by atoms with Crippen LogP contribution in [-0.4, -0.2) is 25.8 Å².